The van der Waals surface area contributed by atoms with E-state index in [4.69, 9.17) is 4.74 Å². The highest BCUT2D eigenvalue weighted by Gasteiger charge is 2.30. The fourth-order valence-corrected chi connectivity index (χ4v) is 3.95. The molecule has 2 heterocycles. The highest BCUT2D eigenvalue weighted by Crippen LogP contribution is 2.34. The first kappa shape index (κ1) is 15.8. The van der Waals surface area contributed by atoms with Crippen LogP contribution in [-0.2, 0) is 4.79 Å². The average molecular weight is 344 g/mol. The Morgan fingerprint density at radius 2 is 1.91 bits per heavy atom. The maximum Gasteiger partial charge on any atom is 0.266 e. The molecule has 23 heavy (non-hydrogen) atoms. The molecule has 1 aliphatic heterocycles. The third kappa shape index (κ3) is 3.48. The van der Waals surface area contributed by atoms with Gasteiger partial charge in [-0.15, -0.1) is 11.3 Å². The molecule has 2 aromatic rings. The maximum absolute atomic E-state index is 12.4. The fourth-order valence-electron chi connectivity index (χ4n) is 2.08. The van der Waals surface area contributed by atoms with Crippen molar-refractivity contribution in [3.05, 3.63) is 51.1 Å². The Kier molecular flexibility index (Phi) is 4.54. The third-order valence-electron chi connectivity index (χ3n) is 3.34. The van der Waals surface area contributed by atoms with Crippen LogP contribution in [-0.4, -0.2) is 30.1 Å². The van der Waals surface area contributed by atoms with Crippen LogP contribution in [0.15, 0.2) is 46.3 Å². The number of hydrogen-bond acceptors (Lipinski definition) is 5. The van der Waals surface area contributed by atoms with E-state index in [1.54, 1.807) is 30.4 Å². The molecule has 1 fully saturated rings. The normalized spacial score (nSPS) is 18.2. The van der Waals surface area contributed by atoms with Gasteiger partial charge in [-0.05, 0) is 61.2 Å². The number of benzene rings is 1. The van der Waals surface area contributed by atoms with Crippen LogP contribution < -0.4 is 4.74 Å². The Morgan fingerprint density at radius 3 is 2.52 bits per heavy atom. The maximum atomic E-state index is 12.4. The molecular weight excluding hydrogens is 328 g/mol. The summed E-state index contributed by atoms with van der Waals surface area (Å²) in [6, 6.07) is 11.5. The molecule has 1 amide bonds. The minimum absolute atomic E-state index is 0.0201. The smallest absolute Gasteiger partial charge is 0.266 e. The van der Waals surface area contributed by atoms with E-state index >= 15 is 0 Å². The molecule has 3 rings (SSSR count). The van der Waals surface area contributed by atoms with Crippen molar-refractivity contribution in [1.82, 2.24) is 4.90 Å². The SMILES string of the molecule is COc1ccc(N=C2SC(=Cc3ccc(C)s3)C(=O)N2C)cc1. The standard InChI is InChI=1S/C17H16N2O2S2/c1-11-4-9-14(22-11)10-15-16(20)19(2)17(23-15)18-12-5-7-13(21-3)8-6-12/h4-10H,1-3H3. The minimum atomic E-state index is -0.0201. The first-order chi connectivity index (χ1) is 11.1. The van der Waals surface area contributed by atoms with Crippen LogP contribution in [0.4, 0.5) is 5.69 Å². The Hall–Kier alpha value is -2.05. The molecule has 1 saturated heterocycles. The van der Waals surface area contributed by atoms with Gasteiger partial charge in [0.05, 0.1) is 17.7 Å². The predicted octanol–water partition coefficient (Wildman–Crippen LogP) is 4.30. The van der Waals surface area contributed by atoms with Gasteiger partial charge in [0.2, 0.25) is 0 Å². The number of carbonyl (C=O) groups excluding carboxylic acids is 1. The second kappa shape index (κ2) is 6.60. The Morgan fingerprint density at radius 1 is 1.17 bits per heavy atom. The Labute approximate surface area is 143 Å². The van der Waals surface area contributed by atoms with Crippen LogP contribution >= 0.6 is 23.1 Å². The number of rotatable bonds is 3. The van der Waals surface area contributed by atoms with Crippen molar-refractivity contribution in [2.45, 2.75) is 6.92 Å². The number of ether oxygens (including phenoxy) is 1. The van der Waals surface area contributed by atoms with Crippen LogP contribution in [0.1, 0.15) is 9.75 Å². The second-order valence-corrected chi connectivity index (χ2v) is 7.34. The van der Waals surface area contributed by atoms with E-state index in [2.05, 4.69) is 18.0 Å². The number of methoxy groups -OCH3 is 1. The molecule has 0 spiro atoms. The summed E-state index contributed by atoms with van der Waals surface area (Å²) in [5.41, 5.74) is 0.793. The number of carbonyl (C=O) groups is 1. The van der Waals surface area contributed by atoms with E-state index in [1.807, 2.05) is 36.4 Å². The summed E-state index contributed by atoms with van der Waals surface area (Å²) in [5.74, 6) is 0.763. The Bertz CT molecular complexity index is 791. The van der Waals surface area contributed by atoms with Gasteiger partial charge in [-0.1, -0.05) is 0 Å². The molecule has 1 aliphatic rings. The zero-order chi connectivity index (χ0) is 16.4. The van der Waals surface area contributed by atoms with E-state index in [0.29, 0.717) is 10.1 Å². The van der Waals surface area contributed by atoms with Crippen LogP contribution in [0.3, 0.4) is 0 Å². The molecular formula is C17H16N2O2S2. The highest BCUT2D eigenvalue weighted by molar-refractivity contribution is 8.18. The molecule has 1 aromatic carbocycles. The molecule has 0 radical (unpaired) electrons. The number of nitrogens with zero attached hydrogens (tertiary/aromatic N) is 2. The van der Waals surface area contributed by atoms with Gasteiger partial charge in [0.15, 0.2) is 5.17 Å². The molecule has 0 bridgehead atoms. The first-order valence-electron chi connectivity index (χ1n) is 7.03. The van der Waals surface area contributed by atoms with Crippen molar-refractivity contribution in [2.75, 3.05) is 14.2 Å². The number of amides is 1. The van der Waals surface area contributed by atoms with E-state index in [9.17, 15) is 4.79 Å². The summed E-state index contributed by atoms with van der Waals surface area (Å²) < 4.78 is 5.14. The first-order valence-corrected chi connectivity index (χ1v) is 8.67. The molecule has 0 unspecified atom stereocenters. The fraction of sp³-hybridized carbons (Fsp3) is 0.176. The molecule has 118 valence electrons. The summed E-state index contributed by atoms with van der Waals surface area (Å²) in [7, 11) is 3.38. The highest BCUT2D eigenvalue weighted by atomic mass is 32.2. The summed E-state index contributed by atoms with van der Waals surface area (Å²) in [6.45, 7) is 2.05. The third-order valence-corrected chi connectivity index (χ3v) is 5.34. The van der Waals surface area contributed by atoms with Gasteiger partial charge in [-0.2, -0.15) is 0 Å². The van der Waals surface area contributed by atoms with Gasteiger partial charge in [-0.25, -0.2) is 4.99 Å². The van der Waals surface area contributed by atoms with Gasteiger partial charge in [0, 0.05) is 16.8 Å². The lowest BCUT2D eigenvalue weighted by Crippen LogP contribution is -2.23. The zero-order valence-electron chi connectivity index (χ0n) is 13.1. The van der Waals surface area contributed by atoms with Crippen molar-refractivity contribution >= 4 is 45.9 Å². The summed E-state index contributed by atoms with van der Waals surface area (Å²) in [4.78, 5) is 21.5. The van der Waals surface area contributed by atoms with Crippen molar-refractivity contribution in [2.24, 2.45) is 4.99 Å². The number of hydrogen-bond donors (Lipinski definition) is 0. The number of thiophene rings is 1. The summed E-state index contributed by atoms with van der Waals surface area (Å²) >= 11 is 3.07. The van der Waals surface area contributed by atoms with Crippen molar-refractivity contribution < 1.29 is 9.53 Å². The number of aliphatic imine (C=N–C) groups is 1. The number of amidine groups is 1. The van der Waals surface area contributed by atoms with Gasteiger partial charge in [-0.3, -0.25) is 9.69 Å². The van der Waals surface area contributed by atoms with Crippen LogP contribution in [0, 0.1) is 6.92 Å². The van der Waals surface area contributed by atoms with Gasteiger partial charge in [0.25, 0.3) is 5.91 Å². The number of thioether (sulfide) groups is 1. The lowest BCUT2D eigenvalue weighted by Gasteiger charge is -2.07. The quantitative estimate of drug-likeness (QED) is 0.780. The van der Waals surface area contributed by atoms with Crippen LogP contribution in [0.5, 0.6) is 5.75 Å². The lowest BCUT2D eigenvalue weighted by molar-refractivity contribution is -0.121. The molecule has 1 aromatic heterocycles. The van der Waals surface area contributed by atoms with E-state index in [0.717, 1.165) is 16.3 Å². The van der Waals surface area contributed by atoms with Gasteiger partial charge < -0.3 is 4.74 Å². The molecule has 6 heteroatoms. The van der Waals surface area contributed by atoms with Crippen molar-refractivity contribution in [3.63, 3.8) is 0 Å². The van der Waals surface area contributed by atoms with Crippen molar-refractivity contribution in [1.29, 1.82) is 0 Å². The second-order valence-electron chi connectivity index (χ2n) is 5.02. The molecule has 0 atom stereocenters. The number of aryl methyl sites for hydroxylation is 1. The van der Waals surface area contributed by atoms with Gasteiger partial charge >= 0.3 is 0 Å². The van der Waals surface area contributed by atoms with Crippen LogP contribution in [0.25, 0.3) is 6.08 Å². The largest absolute Gasteiger partial charge is 0.497 e. The average Bonchev–Trinajstić information content (AvgIpc) is 3.07. The van der Waals surface area contributed by atoms with E-state index in [1.165, 1.54) is 16.6 Å². The number of likely N-dealkylation sites (N-methyl/N-ethyl adjacent to an activating group) is 1. The topological polar surface area (TPSA) is 41.9 Å². The van der Waals surface area contributed by atoms with E-state index < -0.39 is 0 Å². The van der Waals surface area contributed by atoms with E-state index in [-0.39, 0.29) is 5.91 Å². The molecule has 4 nitrogen and oxygen atoms in total. The van der Waals surface area contributed by atoms with Crippen LogP contribution in [0.2, 0.25) is 0 Å². The van der Waals surface area contributed by atoms with Crippen molar-refractivity contribution in [3.8, 4) is 5.75 Å². The van der Waals surface area contributed by atoms with Gasteiger partial charge in [0.1, 0.15) is 5.75 Å². The summed E-state index contributed by atoms with van der Waals surface area (Å²) in [5, 5.41) is 0.680. The molecule has 0 N–H and O–H groups in total. The molecule has 0 aliphatic carbocycles. The summed E-state index contributed by atoms with van der Waals surface area (Å²) in [6.07, 6.45) is 1.93. The Balaban J connectivity index is 1.85. The zero-order valence-corrected chi connectivity index (χ0v) is 14.7. The predicted molar refractivity (Wildman–Crippen MR) is 97.5 cm³/mol. The lowest BCUT2D eigenvalue weighted by atomic mass is 10.3. The monoisotopic (exact) mass is 344 g/mol. The minimum Gasteiger partial charge on any atom is -0.497 e. The molecule has 0 saturated carbocycles.